The molecule has 4 rings (SSSR count). The average molecular weight is 419 g/mol. The van der Waals surface area contributed by atoms with Crippen LogP contribution < -0.4 is 19.4 Å². The van der Waals surface area contributed by atoms with E-state index in [-0.39, 0.29) is 11.7 Å². The van der Waals surface area contributed by atoms with Crippen molar-refractivity contribution in [2.75, 3.05) is 28.3 Å². The number of nitrogens with zero attached hydrogens (tertiary/aromatic N) is 5. The first-order valence-electron chi connectivity index (χ1n) is 11.2. The Morgan fingerprint density at radius 3 is 2.19 bits per heavy atom. The van der Waals surface area contributed by atoms with Gasteiger partial charge in [0, 0.05) is 19.3 Å². The van der Waals surface area contributed by atoms with Crippen molar-refractivity contribution in [3.63, 3.8) is 0 Å². The molecule has 1 atom stereocenters. The van der Waals surface area contributed by atoms with E-state index in [1.54, 1.807) is 0 Å². The first-order chi connectivity index (χ1) is 14.7. The van der Waals surface area contributed by atoms with Crippen molar-refractivity contribution in [2.45, 2.75) is 52.4 Å². The molecule has 0 saturated heterocycles. The fourth-order valence-electron chi connectivity index (χ4n) is 5.19. The van der Waals surface area contributed by atoms with E-state index < -0.39 is 0 Å². The molecule has 1 aromatic heterocycles. The van der Waals surface area contributed by atoms with E-state index in [0.29, 0.717) is 6.04 Å². The Hall–Kier alpha value is -2.95. The molecular formula is C26H36N5+. The second-order valence-corrected chi connectivity index (χ2v) is 9.54. The number of likely N-dealkylation sites (N-methyl/N-ethyl adjacent to an activating group) is 1. The Morgan fingerprint density at radius 1 is 0.968 bits per heavy atom. The summed E-state index contributed by atoms with van der Waals surface area (Å²) in [6.07, 6.45) is 2.39. The Kier molecular flexibility index (Phi) is 5.46. The van der Waals surface area contributed by atoms with Crippen molar-refractivity contribution in [1.82, 2.24) is 4.68 Å². The number of para-hydroxylation sites is 3. The molecule has 164 valence electrons. The van der Waals surface area contributed by atoms with Crippen LogP contribution in [0.1, 0.15) is 40.7 Å². The van der Waals surface area contributed by atoms with Crippen molar-refractivity contribution >= 4 is 22.9 Å². The van der Waals surface area contributed by atoms with Crippen LogP contribution in [-0.2, 0) is 7.05 Å². The first-order valence-corrected chi connectivity index (χ1v) is 11.2. The van der Waals surface area contributed by atoms with Crippen LogP contribution >= 0.6 is 0 Å². The summed E-state index contributed by atoms with van der Waals surface area (Å²) in [6.45, 7) is 12.4. The second kappa shape index (κ2) is 7.95. The quantitative estimate of drug-likeness (QED) is 0.518. The largest absolute Gasteiger partial charge is 0.372 e. The molecule has 0 amide bonds. The molecule has 0 radical (unpaired) electrons. The third kappa shape index (κ3) is 3.67. The van der Waals surface area contributed by atoms with E-state index in [2.05, 4.69) is 140 Å². The minimum Gasteiger partial charge on any atom is -0.372 e. The molecule has 0 spiro atoms. The Morgan fingerprint density at radius 2 is 1.58 bits per heavy atom. The van der Waals surface area contributed by atoms with Crippen molar-refractivity contribution < 1.29 is 4.68 Å². The summed E-state index contributed by atoms with van der Waals surface area (Å²) >= 11 is 0. The predicted octanol–water partition coefficient (Wildman–Crippen LogP) is 5.11. The van der Waals surface area contributed by atoms with Crippen molar-refractivity contribution in [3.05, 3.63) is 66.9 Å². The summed E-state index contributed by atoms with van der Waals surface area (Å²) < 4.78 is 4.55. The molecule has 5 nitrogen and oxygen atoms in total. The standard InChI is InChI=1S/C26H36N5/c1-20(2)29-18-17-25(28(29)7)30-21(3)31(24-16-12-11-15-23(24)30)26(4,5)19-27(6)22-13-9-8-10-14-22/h8-18,20-21H,19H2,1-7H3/q+1/t21-/m1/s1. The molecule has 2 aromatic carbocycles. The highest BCUT2D eigenvalue weighted by Gasteiger charge is 2.43. The van der Waals surface area contributed by atoms with Crippen LogP contribution in [0.3, 0.4) is 0 Å². The van der Waals surface area contributed by atoms with Crippen molar-refractivity contribution in [1.29, 1.82) is 0 Å². The average Bonchev–Trinajstić information content (AvgIpc) is 3.25. The topological polar surface area (TPSA) is 18.5 Å². The molecule has 1 aliphatic heterocycles. The molecule has 31 heavy (non-hydrogen) atoms. The van der Waals surface area contributed by atoms with Gasteiger partial charge in [-0.25, -0.2) is 0 Å². The first kappa shape index (κ1) is 21.3. The Bertz CT molecular complexity index is 1040. The summed E-state index contributed by atoms with van der Waals surface area (Å²) in [5, 5.41) is 0. The Balaban J connectivity index is 1.71. The van der Waals surface area contributed by atoms with Crippen LogP contribution in [0.2, 0.25) is 0 Å². The van der Waals surface area contributed by atoms with Gasteiger partial charge in [0.1, 0.15) is 6.17 Å². The van der Waals surface area contributed by atoms with Gasteiger partial charge in [-0.3, -0.25) is 0 Å². The van der Waals surface area contributed by atoms with Gasteiger partial charge in [0.25, 0.3) is 0 Å². The molecule has 5 heteroatoms. The summed E-state index contributed by atoms with van der Waals surface area (Å²) in [5.74, 6) is 1.21. The Labute approximate surface area is 187 Å². The lowest BCUT2D eigenvalue weighted by Crippen LogP contribution is -2.56. The van der Waals surface area contributed by atoms with Gasteiger partial charge in [0.2, 0.25) is 0 Å². The molecule has 0 bridgehead atoms. The molecule has 0 N–H and O–H groups in total. The normalized spacial score (nSPS) is 16.2. The fraction of sp³-hybridized carbons (Fsp3) is 0.423. The minimum atomic E-state index is -0.0754. The maximum absolute atomic E-state index is 2.58. The third-order valence-corrected chi connectivity index (χ3v) is 6.45. The van der Waals surface area contributed by atoms with E-state index in [0.717, 1.165) is 6.54 Å². The lowest BCUT2D eigenvalue weighted by atomic mass is 10.00. The van der Waals surface area contributed by atoms with Gasteiger partial charge in [0.05, 0.1) is 30.0 Å². The van der Waals surface area contributed by atoms with Gasteiger partial charge in [-0.1, -0.05) is 30.3 Å². The molecule has 0 saturated carbocycles. The number of hydrogen-bond acceptors (Lipinski definition) is 3. The number of hydrogen-bond donors (Lipinski definition) is 0. The van der Waals surface area contributed by atoms with Crippen molar-refractivity contribution in [3.8, 4) is 0 Å². The number of benzene rings is 2. The minimum absolute atomic E-state index is 0.0754. The highest BCUT2D eigenvalue weighted by Crippen LogP contribution is 2.46. The van der Waals surface area contributed by atoms with Crippen LogP contribution in [0, 0.1) is 0 Å². The molecule has 3 aromatic rings. The molecule has 1 aliphatic rings. The monoisotopic (exact) mass is 418 g/mol. The number of rotatable bonds is 6. The van der Waals surface area contributed by atoms with Gasteiger partial charge in [0.15, 0.2) is 18.1 Å². The molecule has 0 aliphatic carbocycles. The van der Waals surface area contributed by atoms with Crippen LogP contribution in [0.25, 0.3) is 0 Å². The van der Waals surface area contributed by atoms with E-state index in [1.165, 1.54) is 22.9 Å². The number of fused-ring (bicyclic) bond motifs is 1. The number of aromatic nitrogens is 2. The predicted molar refractivity (Wildman–Crippen MR) is 130 cm³/mol. The summed E-state index contributed by atoms with van der Waals surface area (Å²) in [6, 6.07) is 22.1. The van der Waals surface area contributed by atoms with Gasteiger partial charge in [-0.2, -0.15) is 0 Å². The third-order valence-electron chi connectivity index (χ3n) is 6.45. The van der Waals surface area contributed by atoms with E-state index in [1.807, 2.05) is 0 Å². The lowest BCUT2D eigenvalue weighted by Gasteiger charge is -2.44. The van der Waals surface area contributed by atoms with Gasteiger partial charge in [-0.15, -0.1) is 9.36 Å². The van der Waals surface area contributed by atoms with E-state index in [4.69, 9.17) is 0 Å². The van der Waals surface area contributed by atoms with E-state index in [9.17, 15) is 0 Å². The summed E-state index contributed by atoms with van der Waals surface area (Å²) in [4.78, 5) is 7.40. The maximum atomic E-state index is 2.58. The van der Waals surface area contributed by atoms with E-state index >= 15 is 0 Å². The lowest BCUT2D eigenvalue weighted by molar-refractivity contribution is -0.789. The summed E-state index contributed by atoms with van der Waals surface area (Å²) in [5.41, 5.74) is 3.72. The number of anilines is 4. The van der Waals surface area contributed by atoms with Crippen LogP contribution in [0.15, 0.2) is 66.9 Å². The highest BCUT2D eigenvalue weighted by atomic mass is 15.5. The highest BCUT2D eigenvalue weighted by molar-refractivity contribution is 5.83. The van der Waals surface area contributed by atoms with Gasteiger partial charge < -0.3 is 14.7 Å². The fourth-order valence-corrected chi connectivity index (χ4v) is 5.19. The van der Waals surface area contributed by atoms with Crippen LogP contribution in [0.5, 0.6) is 0 Å². The molecular weight excluding hydrogens is 382 g/mol. The van der Waals surface area contributed by atoms with Crippen LogP contribution in [0.4, 0.5) is 22.9 Å². The second-order valence-electron chi connectivity index (χ2n) is 9.54. The SMILES string of the molecule is CC(C)[n+]1ccc(N2c3ccccc3N(C(C)(C)CN(C)c3ccccc3)[C@@H]2C)n1C. The zero-order valence-electron chi connectivity index (χ0n) is 19.9. The summed E-state index contributed by atoms with van der Waals surface area (Å²) in [7, 11) is 4.34. The zero-order valence-corrected chi connectivity index (χ0v) is 19.9. The molecule has 0 unspecified atom stereocenters. The van der Waals surface area contributed by atoms with Gasteiger partial charge >= 0.3 is 0 Å². The molecule has 2 heterocycles. The smallest absolute Gasteiger partial charge is 0.198 e. The van der Waals surface area contributed by atoms with Crippen molar-refractivity contribution in [2.24, 2.45) is 7.05 Å². The zero-order chi connectivity index (χ0) is 22.3. The van der Waals surface area contributed by atoms with Gasteiger partial charge in [-0.05, 0) is 58.9 Å². The van der Waals surface area contributed by atoms with Crippen LogP contribution in [-0.4, -0.2) is 30.0 Å². The maximum Gasteiger partial charge on any atom is 0.198 e. The molecule has 0 fully saturated rings.